The van der Waals surface area contributed by atoms with E-state index in [4.69, 9.17) is 11.0 Å². The van der Waals surface area contributed by atoms with E-state index in [1.165, 1.54) is 6.07 Å². The highest BCUT2D eigenvalue weighted by molar-refractivity contribution is 5.51. The van der Waals surface area contributed by atoms with E-state index in [1.54, 1.807) is 24.3 Å². The first kappa shape index (κ1) is 10.4. The average Bonchev–Trinajstić information content (AvgIpc) is 2.19. The Labute approximate surface area is 82.5 Å². The number of rotatable bonds is 3. The zero-order chi connectivity index (χ0) is 10.4. The minimum absolute atomic E-state index is 0.295. The smallest absolute Gasteiger partial charge is 0.130 e. The molecule has 14 heavy (non-hydrogen) atoms. The van der Waals surface area contributed by atoms with Gasteiger partial charge in [-0.2, -0.15) is 5.26 Å². The number of hydrogen-bond donors (Lipinski definition) is 1. The van der Waals surface area contributed by atoms with E-state index in [1.807, 2.05) is 6.07 Å². The fourth-order valence-corrected chi connectivity index (χ4v) is 1.12. The van der Waals surface area contributed by atoms with Crippen LogP contribution in [-0.4, -0.2) is 6.54 Å². The molecule has 2 nitrogen and oxygen atoms in total. The van der Waals surface area contributed by atoms with Crippen LogP contribution in [0.4, 0.5) is 4.39 Å². The van der Waals surface area contributed by atoms with Crippen LogP contribution in [0.15, 0.2) is 24.3 Å². The summed E-state index contributed by atoms with van der Waals surface area (Å²) in [6.07, 6.45) is 3.59. The normalized spacial score (nSPS) is 10.4. The van der Waals surface area contributed by atoms with E-state index in [2.05, 4.69) is 0 Å². The molecule has 1 aromatic carbocycles. The molecule has 0 saturated carbocycles. The molecule has 0 heterocycles. The van der Waals surface area contributed by atoms with Crippen LogP contribution in [0.1, 0.15) is 11.1 Å². The van der Waals surface area contributed by atoms with Crippen LogP contribution in [0.25, 0.3) is 6.08 Å². The van der Waals surface area contributed by atoms with Crippen LogP contribution >= 0.6 is 0 Å². The third kappa shape index (κ3) is 2.68. The Bertz CT molecular complexity index is 377. The third-order valence-corrected chi connectivity index (χ3v) is 1.78. The van der Waals surface area contributed by atoms with Gasteiger partial charge in [0.05, 0.1) is 12.5 Å². The standard InChI is InChI=1S/C11H11FN2/c12-11-4-3-9(5-7-14)8-10(11)2-1-6-13/h1-4,8H,5-6,13H2. The summed E-state index contributed by atoms with van der Waals surface area (Å²) in [4.78, 5) is 0. The molecule has 0 aliphatic rings. The zero-order valence-corrected chi connectivity index (χ0v) is 7.70. The molecule has 0 aromatic heterocycles. The monoisotopic (exact) mass is 190 g/mol. The summed E-state index contributed by atoms with van der Waals surface area (Å²) in [7, 11) is 0. The van der Waals surface area contributed by atoms with Crippen molar-refractivity contribution in [2.45, 2.75) is 6.42 Å². The van der Waals surface area contributed by atoms with E-state index >= 15 is 0 Å². The fourth-order valence-electron chi connectivity index (χ4n) is 1.12. The lowest BCUT2D eigenvalue weighted by molar-refractivity contribution is 0.624. The van der Waals surface area contributed by atoms with Gasteiger partial charge < -0.3 is 5.73 Å². The summed E-state index contributed by atoms with van der Waals surface area (Å²) in [6.45, 7) is 0.377. The molecule has 0 amide bonds. The molecule has 3 heteroatoms. The lowest BCUT2D eigenvalue weighted by Crippen LogP contribution is -1.93. The number of nitriles is 1. The SMILES string of the molecule is N#CCc1ccc(F)c(C=CCN)c1. The van der Waals surface area contributed by atoms with Gasteiger partial charge in [-0.05, 0) is 17.7 Å². The molecule has 1 rings (SSSR count). The first-order chi connectivity index (χ1) is 6.77. The molecule has 0 aliphatic carbocycles. The quantitative estimate of drug-likeness (QED) is 0.790. The molecule has 0 atom stereocenters. The summed E-state index contributed by atoms with van der Waals surface area (Å²) in [5.74, 6) is -0.295. The van der Waals surface area contributed by atoms with Gasteiger partial charge >= 0.3 is 0 Å². The maximum absolute atomic E-state index is 13.2. The van der Waals surface area contributed by atoms with E-state index in [0.29, 0.717) is 18.5 Å². The largest absolute Gasteiger partial charge is 0.327 e. The average molecular weight is 190 g/mol. The number of halogens is 1. The Kier molecular flexibility index (Phi) is 3.84. The van der Waals surface area contributed by atoms with Crippen molar-refractivity contribution in [3.63, 3.8) is 0 Å². The molecule has 0 aliphatic heterocycles. The van der Waals surface area contributed by atoms with Gasteiger partial charge in [0.25, 0.3) is 0 Å². The van der Waals surface area contributed by atoms with Crippen LogP contribution in [0, 0.1) is 17.1 Å². The van der Waals surface area contributed by atoms with E-state index in [-0.39, 0.29) is 5.82 Å². The second-order valence-electron chi connectivity index (χ2n) is 2.83. The third-order valence-electron chi connectivity index (χ3n) is 1.78. The number of nitrogens with two attached hydrogens (primary N) is 1. The molecule has 0 fully saturated rings. The molecule has 2 N–H and O–H groups in total. The highest BCUT2D eigenvalue weighted by atomic mass is 19.1. The van der Waals surface area contributed by atoms with Gasteiger partial charge in [-0.25, -0.2) is 4.39 Å². The van der Waals surface area contributed by atoms with Gasteiger partial charge in [0.1, 0.15) is 5.82 Å². The summed E-state index contributed by atoms with van der Waals surface area (Å²) in [5.41, 5.74) is 6.55. The van der Waals surface area contributed by atoms with Gasteiger partial charge in [0.2, 0.25) is 0 Å². The molecule has 0 unspecified atom stereocenters. The number of benzene rings is 1. The van der Waals surface area contributed by atoms with Crippen LogP contribution in [0.2, 0.25) is 0 Å². The first-order valence-electron chi connectivity index (χ1n) is 4.30. The van der Waals surface area contributed by atoms with E-state index in [0.717, 1.165) is 5.56 Å². The van der Waals surface area contributed by atoms with Crippen LogP contribution in [-0.2, 0) is 6.42 Å². The second-order valence-corrected chi connectivity index (χ2v) is 2.83. The molecular weight excluding hydrogens is 179 g/mol. The Hall–Kier alpha value is -1.66. The summed E-state index contributed by atoms with van der Waals surface area (Å²) in [6, 6.07) is 6.65. The Morgan fingerprint density at radius 1 is 1.50 bits per heavy atom. The van der Waals surface area contributed by atoms with Crippen molar-refractivity contribution in [2.24, 2.45) is 5.73 Å². The minimum atomic E-state index is -0.295. The van der Waals surface area contributed by atoms with E-state index < -0.39 is 0 Å². The fraction of sp³-hybridized carbons (Fsp3) is 0.182. The van der Waals surface area contributed by atoms with Crippen molar-refractivity contribution < 1.29 is 4.39 Å². The predicted octanol–water partition coefficient (Wildman–Crippen LogP) is 1.86. The topological polar surface area (TPSA) is 49.8 Å². The molecule has 72 valence electrons. The molecule has 1 aromatic rings. The van der Waals surface area contributed by atoms with Crippen LogP contribution in [0.5, 0.6) is 0 Å². The van der Waals surface area contributed by atoms with Crippen LogP contribution < -0.4 is 5.73 Å². The molecule has 0 saturated heterocycles. The second kappa shape index (κ2) is 5.15. The number of hydrogen-bond acceptors (Lipinski definition) is 2. The minimum Gasteiger partial charge on any atom is -0.327 e. The lowest BCUT2D eigenvalue weighted by Gasteiger charge is -1.99. The molecule has 0 radical (unpaired) electrons. The maximum atomic E-state index is 13.2. The van der Waals surface area contributed by atoms with Crippen LogP contribution in [0.3, 0.4) is 0 Å². The van der Waals surface area contributed by atoms with Crippen molar-refractivity contribution in [2.75, 3.05) is 6.54 Å². The van der Waals surface area contributed by atoms with Crippen molar-refractivity contribution in [1.82, 2.24) is 0 Å². The van der Waals surface area contributed by atoms with Gasteiger partial charge in [0, 0.05) is 12.1 Å². The first-order valence-corrected chi connectivity index (χ1v) is 4.30. The molecule has 0 spiro atoms. The van der Waals surface area contributed by atoms with Crippen molar-refractivity contribution in [3.8, 4) is 6.07 Å². The lowest BCUT2D eigenvalue weighted by atomic mass is 10.1. The summed E-state index contributed by atoms with van der Waals surface area (Å²) < 4.78 is 13.2. The summed E-state index contributed by atoms with van der Waals surface area (Å²) >= 11 is 0. The Morgan fingerprint density at radius 2 is 2.29 bits per heavy atom. The highest BCUT2D eigenvalue weighted by Crippen LogP contribution is 2.12. The number of nitrogens with zero attached hydrogens (tertiary/aromatic N) is 1. The van der Waals surface area contributed by atoms with Gasteiger partial charge in [0.15, 0.2) is 0 Å². The summed E-state index contributed by atoms with van der Waals surface area (Å²) in [5, 5.41) is 8.47. The van der Waals surface area contributed by atoms with Gasteiger partial charge in [-0.15, -0.1) is 0 Å². The molecule has 0 bridgehead atoms. The van der Waals surface area contributed by atoms with E-state index in [9.17, 15) is 4.39 Å². The highest BCUT2D eigenvalue weighted by Gasteiger charge is 1.99. The van der Waals surface area contributed by atoms with Gasteiger partial charge in [-0.1, -0.05) is 18.2 Å². The Morgan fingerprint density at radius 3 is 2.93 bits per heavy atom. The van der Waals surface area contributed by atoms with Crippen molar-refractivity contribution in [3.05, 3.63) is 41.2 Å². The zero-order valence-electron chi connectivity index (χ0n) is 7.70. The maximum Gasteiger partial charge on any atom is 0.130 e. The Balaban J connectivity index is 2.97. The molecular formula is C11H11FN2. The predicted molar refractivity (Wildman–Crippen MR) is 53.8 cm³/mol. The van der Waals surface area contributed by atoms with Crippen molar-refractivity contribution >= 4 is 6.08 Å². The van der Waals surface area contributed by atoms with Crippen molar-refractivity contribution in [1.29, 1.82) is 5.26 Å². The van der Waals surface area contributed by atoms with Gasteiger partial charge in [-0.3, -0.25) is 0 Å².